The van der Waals surface area contributed by atoms with Crippen LogP contribution in [0.1, 0.15) is 6.42 Å². The summed E-state index contributed by atoms with van der Waals surface area (Å²) >= 11 is 0. The minimum Gasteiger partial charge on any atom is -0.465 e. The second-order valence-corrected chi connectivity index (χ2v) is 2.72. The number of ether oxygens (including phenoxy) is 1. The molecule has 1 amide bonds. The first-order valence-corrected chi connectivity index (χ1v) is 3.47. The minimum atomic E-state index is -1.04. The van der Waals surface area contributed by atoms with Crippen LogP contribution in [0.5, 0.6) is 0 Å². The Labute approximate surface area is 64.5 Å². The fraction of sp³-hybridized carbons (Fsp3) is 0.833. The van der Waals surface area contributed by atoms with Crippen molar-refractivity contribution in [3.63, 3.8) is 0 Å². The maximum atomic E-state index is 10.3. The molecular weight excluding hydrogens is 148 g/mol. The van der Waals surface area contributed by atoms with Gasteiger partial charge in [0.25, 0.3) is 0 Å². The smallest absolute Gasteiger partial charge is 0.405 e. The Morgan fingerprint density at radius 1 is 1.82 bits per heavy atom. The summed E-state index contributed by atoms with van der Waals surface area (Å²) in [5, 5.41) is 10.8. The van der Waals surface area contributed by atoms with Gasteiger partial charge in [-0.25, -0.2) is 4.79 Å². The molecule has 1 aliphatic heterocycles. The fourth-order valence-corrected chi connectivity index (χ4v) is 1.14. The molecule has 0 saturated carbocycles. The molecule has 0 aromatic carbocycles. The molecular formula is C6H12N2O3. The molecule has 1 saturated heterocycles. The van der Waals surface area contributed by atoms with Crippen LogP contribution in [-0.4, -0.2) is 36.5 Å². The summed E-state index contributed by atoms with van der Waals surface area (Å²) in [5.41, 5.74) is 4.88. The molecule has 64 valence electrons. The summed E-state index contributed by atoms with van der Waals surface area (Å²) in [6, 6.07) is 0. The van der Waals surface area contributed by atoms with E-state index in [2.05, 4.69) is 5.32 Å². The van der Waals surface area contributed by atoms with E-state index in [1.165, 1.54) is 0 Å². The standard InChI is InChI=1S/C6H12N2O3/c7-3-6(8-5(9)10)1-2-11-4-6/h8H,1-4,7H2,(H,9,10). The Hall–Kier alpha value is -0.810. The van der Waals surface area contributed by atoms with Crippen molar-refractivity contribution in [2.24, 2.45) is 5.73 Å². The molecule has 1 aliphatic rings. The number of hydrogen-bond acceptors (Lipinski definition) is 3. The van der Waals surface area contributed by atoms with Crippen molar-refractivity contribution in [1.82, 2.24) is 5.32 Å². The van der Waals surface area contributed by atoms with Crippen LogP contribution in [0.2, 0.25) is 0 Å². The van der Waals surface area contributed by atoms with Crippen LogP contribution in [0.15, 0.2) is 0 Å². The van der Waals surface area contributed by atoms with Crippen molar-refractivity contribution in [3.05, 3.63) is 0 Å². The van der Waals surface area contributed by atoms with E-state index in [9.17, 15) is 4.79 Å². The lowest BCUT2D eigenvalue weighted by atomic mass is 10.00. The van der Waals surface area contributed by atoms with Crippen LogP contribution in [-0.2, 0) is 4.74 Å². The number of nitrogens with one attached hydrogen (secondary N) is 1. The molecule has 1 unspecified atom stereocenters. The normalized spacial score (nSPS) is 30.3. The van der Waals surface area contributed by atoms with Gasteiger partial charge in [0.05, 0.1) is 12.1 Å². The van der Waals surface area contributed by atoms with Crippen molar-refractivity contribution in [3.8, 4) is 0 Å². The second-order valence-electron chi connectivity index (χ2n) is 2.72. The molecule has 11 heavy (non-hydrogen) atoms. The highest BCUT2D eigenvalue weighted by molar-refractivity contribution is 5.65. The van der Waals surface area contributed by atoms with Gasteiger partial charge in [0.15, 0.2) is 0 Å². The molecule has 0 aromatic heterocycles. The Morgan fingerprint density at radius 3 is 2.91 bits per heavy atom. The Balaban J connectivity index is 2.52. The quantitative estimate of drug-likeness (QED) is 0.502. The molecule has 0 radical (unpaired) electrons. The van der Waals surface area contributed by atoms with Crippen LogP contribution in [0.25, 0.3) is 0 Å². The highest BCUT2D eigenvalue weighted by Crippen LogP contribution is 2.16. The second kappa shape index (κ2) is 3.06. The SMILES string of the molecule is NCC1(NC(=O)O)CCOC1. The number of hydrogen-bond donors (Lipinski definition) is 3. The van der Waals surface area contributed by atoms with E-state index in [0.29, 0.717) is 26.2 Å². The number of carbonyl (C=O) groups is 1. The predicted octanol–water partition coefficient (Wildman–Crippen LogP) is -0.628. The maximum absolute atomic E-state index is 10.3. The first-order chi connectivity index (χ1) is 5.18. The van der Waals surface area contributed by atoms with Gasteiger partial charge in [0.1, 0.15) is 0 Å². The lowest BCUT2D eigenvalue weighted by molar-refractivity contribution is 0.153. The number of rotatable bonds is 2. The van der Waals surface area contributed by atoms with Crippen LogP contribution in [0, 0.1) is 0 Å². The molecule has 1 heterocycles. The van der Waals surface area contributed by atoms with Crippen LogP contribution < -0.4 is 11.1 Å². The molecule has 0 aliphatic carbocycles. The molecule has 1 atom stereocenters. The summed E-state index contributed by atoms with van der Waals surface area (Å²) in [5.74, 6) is 0. The predicted molar refractivity (Wildman–Crippen MR) is 38.4 cm³/mol. The number of amides is 1. The van der Waals surface area contributed by atoms with Gasteiger partial charge in [-0.1, -0.05) is 0 Å². The third kappa shape index (κ3) is 1.81. The van der Waals surface area contributed by atoms with Crippen molar-refractivity contribution >= 4 is 6.09 Å². The Bertz CT molecular complexity index is 154. The first-order valence-electron chi connectivity index (χ1n) is 3.47. The van der Waals surface area contributed by atoms with E-state index < -0.39 is 11.6 Å². The zero-order valence-electron chi connectivity index (χ0n) is 6.17. The van der Waals surface area contributed by atoms with E-state index in [1.54, 1.807) is 0 Å². The van der Waals surface area contributed by atoms with Gasteiger partial charge in [0, 0.05) is 13.2 Å². The van der Waals surface area contributed by atoms with E-state index in [0.717, 1.165) is 0 Å². The average Bonchev–Trinajstić information content (AvgIpc) is 2.36. The Morgan fingerprint density at radius 2 is 2.55 bits per heavy atom. The van der Waals surface area contributed by atoms with Crippen LogP contribution >= 0.6 is 0 Å². The maximum Gasteiger partial charge on any atom is 0.405 e. The molecule has 0 aromatic rings. The monoisotopic (exact) mass is 160 g/mol. The average molecular weight is 160 g/mol. The molecule has 4 N–H and O–H groups in total. The topological polar surface area (TPSA) is 84.6 Å². The van der Waals surface area contributed by atoms with E-state index in [4.69, 9.17) is 15.6 Å². The fourth-order valence-electron chi connectivity index (χ4n) is 1.14. The van der Waals surface area contributed by atoms with Gasteiger partial charge in [-0.05, 0) is 6.42 Å². The van der Waals surface area contributed by atoms with Gasteiger partial charge < -0.3 is 20.9 Å². The highest BCUT2D eigenvalue weighted by atomic mass is 16.5. The lowest BCUT2D eigenvalue weighted by Gasteiger charge is -2.24. The summed E-state index contributed by atoms with van der Waals surface area (Å²) in [6.07, 6.45) is -0.378. The van der Waals surface area contributed by atoms with Crippen molar-refractivity contribution in [2.45, 2.75) is 12.0 Å². The minimum absolute atomic E-state index is 0.291. The molecule has 5 heteroatoms. The molecule has 0 spiro atoms. The van der Waals surface area contributed by atoms with Crippen LogP contribution in [0.3, 0.4) is 0 Å². The number of carboxylic acid groups (broad SMARTS) is 1. The van der Waals surface area contributed by atoms with E-state index in [-0.39, 0.29) is 0 Å². The van der Waals surface area contributed by atoms with E-state index in [1.807, 2.05) is 0 Å². The van der Waals surface area contributed by atoms with E-state index >= 15 is 0 Å². The Kier molecular flexibility index (Phi) is 2.31. The zero-order valence-corrected chi connectivity index (χ0v) is 6.17. The molecule has 5 nitrogen and oxygen atoms in total. The first kappa shape index (κ1) is 8.29. The highest BCUT2D eigenvalue weighted by Gasteiger charge is 2.34. The van der Waals surface area contributed by atoms with Crippen LogP contribution in [0.4, 0.5) is 4.79 Å². The molecule has 0 bridgehead atoms. The number of nitrogens with two attached hydrogens (primary N) is 1. The van der Waals surface area contributed by atoms with Crippen molar-refractivity contribution in [1.29, 1.82) is 0 Å². The van der Waals surface area contributed by atoms with Gasteiger partial charge in [0.2, 0.25) is 0 Å². The summed E-state index contributed by atoms with van der Waals surface area (Å²) in [7, 11) is 0. The van der Waals surface area contributed by atoms with Gasteiger partial charge >= 0.3 is 6.09 Å². The van der Waals surface area contributed by atoms with Crippen molar-refractivity contribution in [2.75, 3.05) is 19.8 Å². The largest absolute Gasteiger partial charge is 0.465 e. The summed E-state index contributed by atoms with van der Waals surface area (Å²) in [6.45, 7) is 1.26. The summed E-state index contributed by atoms with van der Waals surface area (Å²) < 4.78 is 5.05. The van der Waals surface area contributed by atoms with Gasteiger partial charge in [-0.15, -0.1) is 0 Å². The third-order valence-electron chi connectivity index (χ3n) is 1.87. The van der Waals surface area contributed by atoms with Crippen molar-refractivity contribution < 1.29 is 14.6 Å². The van der Waals surface area contributed by atoms with Gasteiger partial charge in [-0.3, -0.25) is 0 Å². The zero-order chi connectivity index (χ0) is 8.32. The van der Waals surface area contributed by atoms with Gasteiger partial charge in [-0.2, -0.15) is 0 Å². The third-order valence-corrected chi connectivity index (χ3v) is 1.87. The molecule has 1 fully saturated rings. The molecule has 1 rings (SSSR count). The summed E-state index contributed by atoms with van der Waals surface area (Å²) in [4.78, 5) is 10.3. The lowest BCUT2D eigenvalue weighted by Crippen LogP contribution is -2.53.